The summed E-state index contributed by atoms with van der Waals surface area (Å²) >= 11 is 0. The van der Waals surface area contributed by atoms with Gasteiger partial charge in [-0.1, -0.05) is 0 Å². The Labute approximate surface area is 118 Å². The third-order valence-corrected chi connectivity index (χ3v) is 3.17. The molecule has 2 rings (SSSR count). The molecular weight excluding hydrogens is 283 g/mol. The quantitative estimate of drug-likeness (QED) is 0.583. The number of benzene rings is 1. The van der Waals surface area contributed by atoms with Gasteiger partial charge in [-0.3, -0.25) is 19.7 Å². The van der Waals surface area contributed by atoms with E-state index in [1.54, 1.807) is 0 Å². The number of hydrogen-bond donors (Lipinski definition) is 2. The third-order valence-electron chi connectivity index (χ3n) is 3.17. The van der Waals surface area contributed by atoms with Crippen LogP contribution in [0.15, 0.2) is 18.2 Å². The minimum absolute atomic E-state index is 0.185. The van der Waals surface area contributed by atoms with Gasteiger partial charge in [0.05, 0.1) is 11.0 Å². The lowest BCUT2D eigenvalue weighted by Gasteiger charge is -2.34. The van der Waals surface area contributed by atoms with Crippen LogP contribution >= 0.6 is 0 Å². The number of nitro benzene ring substituents is 1. The van der Waals surface area contributed by atoms with Crippen LogP contribution in [0.4, 0.5) is 10.1 Å². The van der Waals surface area contributed by atoms with Gasteiger partial charge in [-0.25, -0.2) is 4.39 Å². The van der Waals surface area contributed by atoms with E-state index >= 15 is 0 Å². The highest BCUT2D eigenvalue weighted by atomic mass is 19.1. The van der Waals surface area contributed by atoms with E-state index in [0.717, 1.165) is 18.2 Å². The van der Waals surface area contributed by atoms with Crippen molar-refractivity contribution in [2.75, 3.05) is 19.6 Å². The predicted octanol–water partition coefficient (Wildman–Crippen LogP) is -0.367. The summed E-state index contributed by atoms with van der Waals surface area (Å²) in [5, 5.41) is 13.6. The Morgan fingerprint density at radius 2 is 2.14 bits per heavy atom. The molecule has 1 aliphatic heterocycles. The smallest absolute Gasteiger partial charge is 0.273 e. The van der Waals surface area contributed by atoms with E-state index < -0.39 is 34.3 Å². The predicted molar refractivity (Wildman–Crippen MR) is 69.9 cm³/mol. The monoisotopic (exact) mass is 296 g/mol. The first-order chi connectivity index (χ1) is 9.90. The van der Waals surface area contributed by atoms with E-state index in [0.29, 0.717) is 6.54 Å². The minimum atomic E-state index is -0.890. The molecule has 112 valence electrons. The van der Waals surface area contributed by atoms with Gasteiger partial charge in [0.25, 0.3) is 11.6 Å². The number of piperazine rings is 1. The van der Waals surface area contributed by atoms with Gasteiger partial charge in [0.15, 0.2) is 0 Å². The van der Waals surface area contributed by atoms with Crippen molar-refractivity contribution in [1.82, 2.24) is 10.2 Å². The van der Waals surface area contributed by atoms with Crippen molar-refractivity contribution in [2.24, 2.45) is 5.73 Å². The Morgan fingerprint density at radius 1 is 1.43 bits per heavy atom. The summed E-state index contributed by atoms with van der Waals surface area (Å²) in [6.45, 7) is 0.849. The van der Waals surface area contributed by atoms with Crippen LogP contribution in [-0.2, 0) is 4.79 Å². The third kappa shape index (κ3) is 3.14. The molecule has 1 heterocycles. The molecule has 0 spiro atoms. The SMILES string of the molecule is NC(=O)C1CNCCN1C(=O)c1cc(F)cc([N+](=O)[O-])c1. The molecule has 3 N–H and O–H groups in total. The molecule has 0 saturated carbocycles. The number of nitrogens with two attached hydrogens (primary N) is 1. The number of primary amides is 1. The highest BCUT2D eigenvalue weighted by Gasteiger charge is 2.31. The fourth-order valence-corrected chi connectivity index (χ4v) is 2.17. The molecule has 1 unspecified atom stereocenters. The Balaban J connectivity index is 2.34. The van der Waals surface area contributed by atoms with Crippen LogP contribution in [0.3, 0.4) is 0 Å². The number of nitrogens with one attached hydrogen (secondary N) is 1. The van der Waals surface area contributed by atoms with Crippen LogP contribution in [0.1, 0.15) is 10.4 Å². The molecule has 9 heteroatoms. The molecule has 1 aromatic rings. The summed E-state index contributed by atoms with van der Waals surface area (Å²) in [4.78, 5) is 34.8. The van der Waals surface area contributed by atoms with Crippen molar-refractivity contribution in [3.05, 3.63) is 39.7 Å². The molecular formula is C12H13FN4O4. The Kier molecular flexibility index (Phi) is 4.13. The van der Waals surface area contributed by atoms with E-state index in [2.05, 4.69) is 5.32 Å². The summed E-state index contributed by atoms with van der Waals surface area (Å²) in [6, 6.07) is 1.73. The molecule has 1 atom stereocenters. The van der Waals surface area contributed by atoms with Gasteiger partial charge < -0.3 is 16.0 Å². The first kappa shape index (κ1) is 14.9. The van der Waals surface area contributed by atoms with Crippen LogP contribution in [-0.4, -0.2) is 47.3 Å². The zero-order valence-corrected chi connectivity index (χ0v) is 10.9. The van der Waals surface area contributed by atoms with Crippen molar-refractivity contribution in [3.63, 3.8) is 0 Å². The highest BCUT2D eigenvalue weighted by Crippen LogP contribution is 2.19. The van der Waals surface area contributed by atoms with Gasteiger partial charge in [-0.2, -0.15) is 0 Å². The van der Waals surface area contributed by atoms with Gasteiger partial charge in [0.2, 0.25) is 5.91 Å². The van der Waals surface area contributed by atoms with Gasteiger partial charge in [-0.05, 0) is 6.07 Å². The second-order valence-electron chi connectivity index (χ2n) is 4.58. The van der Waals surface area contributed by atoms with Crippen molar-refractivity contribution < 1.29 is 18.9 Å². The summed E-state index contributed by atoms with van der Waals surface area (Å²) in [5.74, 6) is -2.25. The van der Waals surface area contributed by atoms with Crippen molar-refractivity contribution in [3.8, 4) is 0 Å². The number of carbonyl (C=O) groups is 2. The molecule has 0 aliphatic carbocycles. The number of halogens is 1. The molecule has 1 saturated heterocycles. The number of carbonyl (C=O) groups excluding carboxylic acids is 2. The number of amides is 2. The normalized spacial score (nSPS) is 18.3. The van der Waals surface area contributed by atoms with Gasteiger partial charge in [0, 0.05) is 31.3 Å². The zero-order valence-electron chi connectivity index (χ0n) is 10.9. The molecule has 21 heavy (non-hydrogen) atoms. The van der Waals surface area contributed by atoms with E-state index in [4.69, 9.17) is 5.73 Å². The van der Waals surface area contributed by atoms with Crippen LogP contribution < -0.4 is 11.1 Å². The van der Waals surface area contributed by atoms with Crippen LogP contribution in [0.5, 0.6) is 0 Å². The van der Waals surface area contributed by atoms with Crippen LogP contribution in [0, 0.1) is 15.9 Å². The molecule has 1 aromatic carbocycles. The molecule has 0 aromatic heterocycles. The Hall–Kier alpha value is -2.55. The fraction of sp³-hybridized carbons (Fsp3) is 0.333. The second kappa shape index (κ2) is 5.83. The molecule has 1 fully saturated rings. The highest BCUT2D eigenvalue weighted by molar-refractivity contribution is 5.98. The molecule has 8 nitrogen and oxygen atoms in total. The molecule has 0 radical (unpaired) electrons. The number of rotatable bonds is 3. The molecule has 2 amide bonds. The lowest BCUT2D eigenvalue weighted by Crippen LogP contribution is -2.58. The number of nitro groups is 1. The minimum Gasteiger partial charge on any atom is -0.368 e. The summed E-state index contributed by atoms with van der Waals surface area (Å²) in [5.41, 5.74) is 4.52. The Morgan fingerprint density at radius 3 is 2.76 bits per heavy atom. The Bertz CT molecular complexity index is 607. The summed E-state index contributed by atoms with van der Waals surface area (Å²) in [7, 11) is 0. The number of nitrogens with zero attached hydrogens (tertiary/aromatic N) is 2. The average molecular weight is 296 g/mol. The molecule has 1 aliphatic rings. The second-order valence-corrected chi connectivity index (χ2v) is 4.58. The topological polar surface area (TPSA) is 119 Å². The molecule has 0 bridgehead atoms. The van der Waals surface area contributed by atoms with E-state index in [-0.39, 0.29) is 18.7 Å². The largest absolute Gasteiger partial charge is 0.368 e. The van der Waals surface area contributed by atoms with E-state index in [1.807, 2.05) is 0 Å². The van der Waals surface area contributed by atoms with Gasteiger partial charge >= 0.3 is 0 Å². The zero-order chi connectivity index (χ0) is 15.6. The van der Waals surface area contributed by atoms with Crippen molar-refractivity contribution in [2.45, 2.75) is 6.04 Å². The number of hydrogen-bond acceptors (Lipinski definition) is 5. The summed E-state index contributed by atoms with van der Waals surface area (Å²) < 4.78 is 13.4. The van der Waals surface area contributed by atoms with E-state index in [9.17, 15) is 24.1 Å². The average Bonchev–Trinajstić information content (AvgIpc) is 2.45. The van der Waals surface area contributed by atoms with E-state index in [1.165, 1.54) is 4.90 Å². The number of non-ortho nitro benzene ring substituents is 1. The standard InChI is InChI=1S/C12H13FN4O4/c13-8-3-7(4-9(5-8)17(20)21)12(19)16-2-1-15-6-10(16)11(14)18/h3-5,10,15H,1-2,6H2,(H2,14,18). The maximum absolute atomic E-state index is 13.4. The van der Waals surface area contributed by atoms with Crippen LogP contribution in [0.2, 0.25) is 0 Å². The first-order valence-corrected chi connectivity index (χ1v) is 6.16. The first-order valence-electron chi connectivity index (χ1n) is 6.16. The van der Waals surface area contributed by atoms with Crippen molar-refractivity contribution in [1.29, 1.82) is 0 Å². The van der Waals surface area contributed by atoms with Gasteiger partial charge in [-0.15, -0.1) is 0 Å². The lowest BCUT2D eigenvalue weighted by molar-refractivity contribution is -0.385. The fourth-order valence-electron chi connectivity index (χ4n) is 2.17. The maximum atomic E-state index is 13.4. The van der Waals surface area contributed by atoms with Crippen LogP contribution in [0.25, 0.3) is 0 Å². The van der Waals surface area contributed by atoms with Crippen molar-refractivity contribution >= 4 is 17.5 Å². The van der Waals surface area contributed by atoms with Gasteiger partial charge in [0.1, 0.15) is 11.9 Å². The lowest BCUT2D eigenvalue weighted by atomic mass is 10.1. The summed E-state index contributed by atoms with van der Waals surface area (Å²) in [6.07, 6.45) is 0. The maximum Gasteiger partial charge on any atom is 0.273 e.